The number of carboxylic acid groups (broad SMARTS) is 1. The van der Waals surface area contributed by atoms with Crippen molar-refractivity contribution >= 4 is 28.5 Å². The molecule has 0 aliphatic rings. The molecule has 3 nitrogen and oxygen atoms in total. The van der Waals surface area contributed by atoms with Gasteiger partial charge in [-0.1, -0.05) is 17.7 Å². The molecule has 0 aliphatic carbocycles. The second-order valence-corrected chi connectivity index (χ2v) is 4.16. The van der Waals surface area contributed by atoms with E-state index in [1.165, 1.54) is 6.07 Å². The van der Waals surface area contributed by atoms with Crippen molar-refractivity contribution in [3.63, 3.8) is 0 Å². The zero-order valence-electron chi connectivity index (χ0n) is 8.91. The molecule has 0 fully saturated rings. The van der Waals surface area contributed by atoms with Crippen LogP contribution in [0.15, 0.2) is 18.2 Å². The van der Waals surface area contributed by atoms with Crippen LogP contribution in [-0.4, -0.2) is 16.1 Å². The summed E-state index contributed by atoms with van der Waals surface area (Å²) in [6.45, 7) is 3.81. The lowest BCUT2D eigenvalue weighted by Gasteiger charge is -2.07. The molecule has 0 saturated carbocycles. The van der Waals surface area contributed by atoms with Crippen LogP contribution in [0.5, 0.6) is 0 Å². The van der Waals surface area contributed by atoms with Crippen molar-refractivity contribution in [2.75, 3.05) is 0 Å². The van der Waals surface area contributed by atoms with Crippen molar-refractivity contribution in [2.24, 2.45) is 0 Å². The Labute approximate surface area is 97.7 Å². The molecule has 1 heterocycles. The maximum atomic E-state index is 11.1. The fraction of sp³-hybridized carbons (Fsp3) is 0.167. The van der Waals surface area contributed by atoms with Gasteiger partial charge in [-0.3, -0.25) is 0 Å². The predicted molar refractivity (Wildman–Crippen MR) is 63.2 cm³/mol. The largest absolute Gasteiger partial charge is 0.478 e. The molecule has 0 radical (unpaired) electrons. The van der Waals surface area contributed by atoms with Crippen molar-refractivity contribution in [3.8, 4) is 0 Å². The minimum Gasteiger partial charge on any atom is -0.478 e. The van der Waals surface area contributed by atoms with E-state index in [-0.39, 0.29) is 10.7 Å². The number of aryl methyl sites for hydroxylation is 2. The number of pyridine rings is 1. The average Bonchev–Trinajstić information content (AvgIpc) is 2.14. The normalized spacial score (nSPS) is 10.7. The summed E-state index contributed by atoms with van der Waals surface area (Å²) in [6.07, 6.45) is 0. The molecule has 1 N–H and O–H groups in total. The van der Waals surface area contributed by atoms with Gasteiger partial charge in [0.25, 0.3) is 0 Å². The van der Waals surface area contributed by atoms with Crippen LogP contribution in [0.4, 0.5) is 0 Å². The Morgan fingerprint density at radius 1 is 1.31 bits per heavy atom. The van der Waals surface area contributed by atoms with Crippen LogP contribution in [0, 0.1) is 13.8 Å². The monoisotopic (exact) mass is 235 g/mol. The number of benzene rings is 1. The number of hydrogen-bond donors (Lipinski definition) is 1. The second kappa shape index (κ2) is 3.76. The van der Waals surface area contributed by atoms with Crippen LogP contribution in [0.3, 0.4) is 0 Å². The van der Waals surface area contributed by atoms with Crippen LogP contribution in [0.25, 0.3) is 10.9 Å². The smallest absolute Gasteiger partial charge is 0.336 e. The molecular formula is C12H10ClNO2. The molecule has 0 bridgehead atoms. The molecule has 2 rings (SSSR count). The summed E-state index contributed by atoms with van der Waals surface area (Å²) in [5.74, 6) is -0.985. The molecule has 0 spiro atoms. The molecule has 4 heteroatoms. The van der Waals surface area contributed by atoms with E-state index < -0.39 is 5.97 Å². The van der Waals surface area contributed by atoms with Crippen LogP contribution >= 0.6 is 11.6 Å². The van der Waals surface area contributed by atoms with Gasteiger partial charge in [0.2, 0.25) is 0 Å². The van der Waals surface area contributed by atoms with E-state index in [1.807, 2.05) is 26.0 Å². The third-order valence-electron chi connectivity index (χ3n) is 2.45. The minimum absolute atomic E-state index is 0.201. The van der Waals surface area contributed by atoms with Gasteiger partial charge in [-0.15, -0.1) is 0 Å². The van der Waals surface area contributed by atoms with E-state index in [0.717, 1.165) is 11.1 Å². The van der Waals surface area contributed by atoms with Crippen molar-refractivity contribution in [1.82, 2.24) is 4.98 Å². The molecular weight excluding hydrogens is 226 g/mol. The van der Waals surface area contributed by atoms with Gasteiger partial charge < -0.3 is 5.11 Å². The lowest BCUT2D eigenvalue weighted by atomic mass is 10.0. The molecule has 1 aromatic carbocycles. The number of hydrogen-bond acceptors (Lipinski definition) is 2. The molecule has 16 heavy (non-hydrogen) atoms. The second-order valence-electron chi connectivity index (χ2n) is 3.77. The number of nitrogens with zero attached hydrogens (tertiary/aromatic N) is 1. The average molecular weight is 236 g/mol. The van der Waals surface area contributed by atoms with E-state index in [9.17, 15) is 4.79 Å². The first-order chi connectivity index (χ1) is 7.49. The minimum atomic E-state index is -0.985. The zero-order chi connectivity index (χ0) is 11.9. The molecule has 0 atom stereocenters. The van der Waals surface area contributed by atoms with Crippen LogP contribution in [0.1, 0.15) is 21.5 Å². The topological polar surface area (TPSA) is 50.2 Å². The highest BCUT2D eigenvalue weighted by molar-refractivity contribution is 6.30. The third kappa shape index (κ3) is 1.74. The lowest BCUT2D eigenvalue weighted by Crippen LogP contribution is -2.00. The van der Waals surface area contributed by atoms with Crippen LogP contribution in [0.2, 0.25) is 5.15 Å². The van der Waals surface area contributed by atoms with E-state index in [0.29, 0.717) is 10.9 Å². The summed E-state index contributed by atoms with van der Waals surface area (Å²) < 4.78 is 0. The SMILES string of the molecule is Cc1cc(C)c2c(C(=O)O)cc(Cl)nc2c1. The Morgan fingerprint density at radius 2 is 2.00 bits per heavy atom. The molecule has 0 saturated heterocycles. The maximum absolute atomic E-state index is 11.1. The highest BCUT2D eigenvalue weighted by atomic mass is 35.5. The van der Waals surface area contributed by atoms with Gasteiger partial charge in [-0.05, 0) is 37.1 Å². The first kappa shape index (κ1) is 10.9. The summed E-state index contributed by atoms with van der Waals surface area (Å²) in [6, 6.07) is 5.15. The standard InChI is InChI=1S/C12H10ClNO2/c1-6-3-7(2)11-8(12(15)16)5-10(13)14-9(11)4-6/h3-5H,1-2H3,(H,15,16). The first-order valence-electron chi connectivity index (χ1n) is 4.80. The highest BCUT2D eigenvalue weighted by Gasteiger charge is 2.13. The Hall–Kier alpha value is -1.61. The van der Waals surface area contributed by atoms with Crippen molar-refractivity contribution in [1.29, 1.82) is 0 Å². The maximum Gasteiger partial charge on any atom is 0.336 e. The fourth-order valence-electron chi connectivity index (χ4n) is 1.89. The number of fused-ring (bicyclic) bond motifs is 1. The number of carbonyl (C=O) groups is 1. The Bertz CT molecular complexity index is 588. The molecule has 0 unspecified atom stereocenters. The van der Waals surface area contributed by atoms with Gasteiger partial charge in [0.1, 0.15) is 5.15 Å². The van der Waals surface area contributed by atoms with Gasteiger partial charge in [0.15, 0.2) is 0 Å². The third-order valence-corrected chi connectivity index (χ3v) is 2.64. The number of halogens is 1. The van der Waals surface area contributed by atoms with Gasteiger partial charge in [0, 0.05) is 5.39 Å². The van der Waals surface area contributed by atoms with Gasteiger partial charge in [-0.2, -0.15) is 0 Å². The molecule has 0 aliphatic heterocycles. The number of rotatable bonds is 1. The Morgan fingerprint density at radius 3 is 2.62 bits per heavy atom. The van der Waals surface area contributed by atoms with E-state index >= 15 is 0 Å². The Balaban J connectivity index is 2.95. The van der Waals surface area contributed by atoms with Gasteiger partial charge in [0.05, 0.1) is 11.1 Å². The van der Waals surface area contributed by atoms with Gasteiger partial charge >= 0.3 is 5.97 Å². The summed E-state index contributed by atoms with van der Waals surface area (Å²) in [5, 5.41) is 9.97. The highest BCUT2D eigenvalue weighted by Crippen LogP contribution is 2.25. The number of aromatic nitrogens is 1. The molecule has 2 aromatic rings. The Kier molecular flexibility index (Phi) is 2.56. The van der Waals surface area contributed by atoms with Crippen molar-refractivity contribution in [3.05, 3.63) is 40.0 Å². The zero-order valence-corrected chi connectivity index (χ0v) is 9.67. The predicted octanol–water partition coefficient (Wildman–Crippen LogP) is 3.20. The number of aromatic carboxylic acids is 1. The molecule has 1 aromatic heterocycles. The summed E-state index contributed by atoms with van der Waals surface area (Å²) in [4.78, 5) is 15.3. The van der Waals surface area contributed by atoms with Gasteiger partial charge in [-0.25, -0.2) is 9.78 Å². The van der Waals surface area contributed by atoms with E-state index in [2.05, 4.69) is 4.98 Å². The summed E-state index contributed by atoms with van der Waals surface area (Å²) in [7, 11) is 0. The first-order valence-corrected chi connectivity index (χ1v) is 5.17. The van der Waals surface area contributed by atoms with Crippen LogP contribution < -0.4 is 0 Å². The van der Waals surface area contributed by atoms with Crippen molar-refractivity contribution < 1.29 is 9.90 Å². The molecule has 0 amide bonds. The van der Waals surface area contributed by atoms with Crippen molar-refractivity contribution in [2.45, 2.75) is 13.8 Å². The quantitative estimate of drug-likeness (QED) is 0.773. The number of carboxylic acids is 1. The summed E-state index contributed by atoms with van der Waals surface area (Å²) >= 11 is 5.80. The van der Waals surface area contributed by atoms with E-state index in [4.69, 9.17) is 16.7 Å². The molecule has 82 valence electrons. The van der Waals surface area contributed by atoms with E-state index in [1.54, 1.807) is 0 Å². The lowest BCUT2D eigenvalue weighted by molar-refractivity contribution is 0.0699. The fourth-order valence-corrected chi connectivity index (χ4v) is 2.09. The van der Waals surface area contributed by atoms with Crippen LogP contribution in [-0.2, 0) is 0 Å². The summed E-state index contributed by atoms with van der Waals surface area (Å²) in [5.41, 5.74) is 2.77.